The molecule has 0 unspecified atom stereocenters. The van der Waals surface area contributed by atoms with Crippen LogP contribution in [0.2, 0.25) is 0 Å². The summed E-state index contributed by atoms with van der Waals surface area (Å²) in [4.78, 5) is 0.173. The third kappa shape index (κ3) is 3.41. The Kier molecular flexibility index (Phi) is 4.50. The second-order valence-electron chi connectivity index (χ2n) is 4.61. The standard InChI is InChI=1S/C15H16BrNO2S/c1-2-11-3-5-12(6-4-11)10-20(18,19)15-9-13(16)7-8-14(15)17/h3-9H,2,10,17H2,1H3. The number of hydrogen-bond acceptors (Lipinski definition) is 3. The van der Waals surface area contributed by atoms with E-state index in [1.807, 2.05) is 24.3 Å². The van der Waals surface area contributed by atoms with Crippen molar-refractivity contribution in [1.82, 2.24) is 0 Å². The Morgan fingerprint density at radius 2 is 1.65 bits per heavy atom. The lowest BCUT2D eigenvalue weighted by Gasteiger charge is -2.08. The summed E-state index contributed by atoms with van der Waals surface area (Å²) in [6, 6.07) is 12.5. The van der Waals surface area contributed by atoms with Crippen molar-refractivity contribution in [3.8, 4) is 0 Å². The van der Waals surface area contributed by atoms with Crippen molar-refractivity contribution in [3.05, 3.63) is 58.1 Å². The molecule has 0 heterocycles. The monoisotopic (exact) mass is 353 g/mol. The molecule has 0 saturated carbocycles. The van der Waals surface area contributed by atoms with Crippen LogP contribution in [-0.2, 0) is 22.0 Å². The summed E-state index contributed by atoms with van der Waals surface area (Å²) in [5, 5.41) is 0. The first kappa shape index (κ1) is 15.1. The SMILES string of the molecule is CCc1ccc(CS(=O)(=O)c2cc(Br)ccc2N)cc1. The van der Waals surface area contributed by atoms with Crippen LogP contribution in [0.4, 0.5) is 5.69 Å². The highest BCUT2D eigenvalue weighted by Gasteiger charge is 2.18. The Hall–Kier alpha value is -1.33. The van der Waals surface area contributed by atoms with Gasteiger partial charge < -0.3 is 5.73 Å². The molecule has 5 heteroatoms. The van der Waals surface area contributed by atoms with Gasteiger partial charge in [0.2, 0.25) is 0 Å². The summed E-state index contributed by atoms with van der Waals surface area (Å²) in [6.45, 7) is 2.06. The number of hydrogen-bond donors (Lipinski definition) is 1. The van der Waals surface area contributed by atoms with Crippen molar-refractivity contribution in [3.63, 3.8) is 0 Å². The molecule has 0 aliphatic heterocycles. The highest BCUT2D eigenvalue weighted by atomic mass is 79.9. The lowest BCUT2D eigenvalue weighted by Crippen LogP contribution is -2.08. The van der Waals surface area contributed by atoms with Gasteiger partial charge in [-0.25, -0.2) is 8.42 Å². The minimum atomic E-state index is -3.44. The van der Waals surface area contributed by atoms with E-state index < -0.39 is 9.84 Å². The van der Waals surface area contributed by atoms with Gasteiger partial charge in [-0.05, 0) is 35.7 Å². The number of nitrogen functional groups attached to an aromatic ring is 1. The number of halogens is 1. The van der Waals surface area contributed by atoms with Gasteiger partial charge in [-0.1, -0.05) is 47.1 Å². The Balaban J connectivity index is 2.32. The maximum atomic E-state index is 12.4. The third-order valence-corrected chi connectivity index (χ3v) is 5.33. The van der Waals surface area contributed by atoms with Gasteiger partial charge in [0.1, 0.15) is 0 Å². The van der Waals surface area contributed by atoms with Crippen molar-refractivity contribution < 1.29 is 8.42 Å². The van der Waals surface area contributed by atoms with Gasteiger partial charge in [0.05, 0.1) is 16.3 Å². The highest BCUT2D eigenvalue weighted by molar-refractivity contribution is 9.10. The van der Waals surface area contributed by atoms with Gasteiger partial charge in [-0.15, -0.1) is 0 Å². The van der Waals surface area contributed by atoms with Gasteiger partial charge in [0.25, 0.3) is 0 Å². The van der Waals surface area contributed by atoms with Crippen LogP contribution in [0.25, 0.3) is 0 Å². The molecular weight excluding hydrogens is 338 g/mol. The number of sulfone groups is 1. The largest absolute Gasteiger partial charge is 0.398 e. The number of rotatable bonds is 4. The fourth-order valence-electron chi connectivity index (χ4n) is 1.95. The van der Waals surface area contributed by atoms with E-state index in [2.05, 4.69) is 22.9 Å². The number of benzene rings is 2. The quantitative estimate of drug-likeness (QED) is 0.854. The third-order valence-electron chi connectivity index (χ3n) is 3.10. The van der Waals surface area contributed by atoms with Gasteiger partial charge in [0.15, 0.2) is 9.84 Å². The molecule has 0 saturated heterocycles. The predicted octanol–water partition coefficient (Wildman–Crippen LogP) is 3.57. The molecule has 2 aromatic carbocycles. The van der Waals surface area contributed by atoms with Gasteiger partial charge in [-0.3, -0.25) is 0 Å². The first-order valence-corrected chi connectivity index (χ1v) is 8.72. The van der Waals surface area contributed by atoms with E-state index in [4.69, 9.17) is 5.73 Å². The molecule has 2 rings (SSSR count). The molecule has 0 atom stereocenters. The van der Waals surface area contributed by atoms with E-state index in [0.29, 0.717) is 4.47 Å². The zero-order chi connectivity index (χ0) is 14.8. The minimum Gasteiger partial charge on any atom is -0.398 e. The molecule has 0 amide bonds. The average Bonchev–Trinajstić information content (AvgIpc) is 2.42. The van der Waals surface area contributed by atoms with Gasteiger partial charge >= 0.3 is 0 Å². The number of nitrogens with two attached hydrogens (primary N) is 1. The van der Waals surface area contributed by atoms with Crippen LogP contribution in [-0.4, -0.2) is 8.42 Å². The molecule has 0 aliphatic carbocycles. The fraction of sp³-hybridized carbons (Fsp3) is 0.200. The average molecular weight is 354 g/mol. The molecule has 0 fully saturated rings. The smallest absolute Gasteiger partial charge is 0.184 e. The molecule has 0 radical (unpaired) electrons. The molecule has 20 heavy (non-hydrogen) atoms. The van der Waals surface area contributed by atoms with Gasteiger partial charge in [0, 0.05) is 4.47 Å². The van der Waals surface area contributed by atoms with Crippen LogP contribution >= 0.6 is 15.9 Å². The van der Waals surface area contributed by atoms with Crippen LogP contribution in [0, 0.1) is 0 Å². The Morgan fingerprint density at radius 1 is 1.05 bits per heavy atom. The lowest BCUT2D eigenvalue weighted by atomic mass is 10.1. The highest BCUT2D eigenvalue weighted by Crippen LogP contribution is 2.26. The van der Waals surface area contributed by atoms with Crippen LogP contribution in [0.15, 0.2) is 51.8 Å². The summed E-state index contributed by atoms with van der Waals surface area (Å²) < 4.78 is 25.6. The molecule has 2 aromatic rings. The minimum absolute atomic E-state index is 0.0440. The first-order chi connectivity index (χ1) is 9.42. The van der Waals surface area contributed by atoms with Gasteiger partial charge in [-0.2, -0.15) is 0 Å². The topological polar surface area (TPSA) is 60.2 Å². The fourth-order valence-corrected chi connectivity index (χ4v) is 3.98. The predicted molar refractivity (Wildman–Crippen MR) is 85.3 cm³/mol. The summed E-state index contributed by atoms with van der Waals surface area (Å²) in [6.07, 6.45) is 0.936. The van der Waals surface area contributed by atoms with Crippen LogP contribution < -0.4 is 5.73 Å². The Morgan fingerprint density at radius 3 is 2.25 bits per heavy atom. The van der Waals surface area contributed by atoms with E-state index >= 15 is 0 Å². The molecule has 106 valence electrons. The summed E-state index contributed by atoms with van der Waals surface area (Å²) in [7, 11) is -3.44. The number of aryl methyl sites for hydroxylation is 1. The molecule has 0 spiro atoms. The van der Waals surface area contributed by atoms with Crippen LogP contribution in [0.3, 0.4) is 0 Å². The van der Waals surface area contributed by atoms with E-state index in [0.717, 1.165) is 12.0 Å². The van der Waals surface area contributed by atoms with E-state index in [1.165, 1.54) is 5.56 Å². The molecule has 3 nitrogen and oxygen atoms in total. The first-order valence-electron chi connectivity index (χ1n) is 6.28. The maximum absolute atomic E-state index is 12.4. The van der Waals surface area contributed by atoms with E-state index in [1.54, 1.807) is 18.2 Å². The number of anilines is 1. The molecule has 0 bridgehead atoms. The van der Waals surface area contributed by atoms with E-state index in [9.17, 15) is 8.42 Å². The normalized spacial score (nSPS) is 11.5. The zero-order valence-corrected chi connectivity index (χ0v) is 13.5. The van der Waals surface area contributed by atoms with Crippen molar-refractivity contribution >= 4 is 31.5 Å². The van der Waals surface area contributed by atoms with Crippen molar-refractivity contribution in [1.29, 1.82) is 0 Å². The van der Waals surface area contributed by atoms with Crippen molar-refractivity contribution in [2.45, 2.75) is 24.0 Å². The van der Waals surface area contributed by atoms with Crippen molar-refractivity contribution in [2.24, 2.45) is 0 Å². The Bertz CT molecular complexity index is 709. The Labute approximate surface area is 127 Å². The summed E-state index contributed by atoms with van der Waals surface area (Å²) in [5.41, 5.74) is 8.00. The summed E-state index contributed by atoms with van der Waals surface area (Å²) in [5.74, 6) is -0.0440. The van der Waals surface area contributed by atoms with Crippen LogP contribution in [0.5, 0.6) is 0 Å². The summed E-state index contributed by atoms with van der Waals surface area (Å²) >= 11 is 3.27. The van der Waals surface area contributed by atoms with Crippen LogP contribution in [0.1, 0.15) is 18.1 Å². The zero-order valence-electron chi connectivity index (χ0n) is 11.1. The van der Waals surface area contributed by atoms with E-state index in [-0.39, 0.29) is 16.3 Å². The second-order valence-corrected chi connectivity index (χ2v) is 7.48. The molecule has 2 N–H and O–H groups in total. The molecular formula is C15H16BrNO2S. The molecule has 0 aromatic heterocycles. The second kappa shape index (κ2) is 5.97. The maximum Gasteiger partial charge on any atom is 0.184 e. The lowest BCUT2D eigenvalue weighted by molar-refractivity contribution is 0.595. The van der Waals surface area contributed by atoms with Crippen molar-refractivity contribution in [2.75, 3.05) is 5.73 Å². The molecule has 0 aliphatic rings.